The van der Waals surface area contributed by atoms with Crippen molar-refractivity contribution in [1.29, 1.82) is 0 Å². The van der Waals surface area contributed by atoms with E-state index in [1.807, 2.05) is 0 Å². The van der Waals surface area contributed by atoms with Gasteiger partial charge in [0.2, 0.25) is 12.6 Å². The molecule has 0 saturated carbocycles. The maximum absolute atomic E-state index is 8.41. The first-order chi connectivity index (χ1) is 8.52. The summed E-state index contributed by atoms with van der Waals surface area (Å²) in [6, 6.07) is 0. The van der Waals surface area contributed by atoms with E-state index in [4.69, 9.17) is 41.3 Å². The maximum Gasteiger partial charge on any atom is 0.226 e. The van der Waals surface area contributed by atoms with Crippen molar-refractivity contribution in [2.45, 2.75) is 40.3 Å². The van der Waals surface area contributed by atoms with Crippen LogP contribution in [-0.2, 0) is 19.6 Å². The van der Waals surface area contributed by atoms with Crippen LogP contribution in [0.15, 0.2) is 0 Å². The Morgan fingerprint density at radius 1 is 0.611 bits per heavy atom. The van der Waals surface area contributed by atoms with Crippen LogP contribution in [0, 0.1) is 11.8 Å². The minimum Gasteiger partial charge on any atom is -0.255 e. The van der Waals surface area contributed by atoms with Crippen LogP contribution in [-0.4, -0.2) is 44.1 Å². The Labute approximate surface area is 104 Å². The molecule has 114 valence electrons. The van der Waals surface area contributed by atoms with Crippen molar-refractivity contribution in [2.75, 3.05) is 0 Å². The van der Waals surface area contributed by atoms with Crippen LogP contribution >= 0.6 is 0 Å². The molecule has 0 saturated heterocycles. The molecule has 0 aliphatic heterocycles. The zero-order valence-electron chi connectivity index (χ0n) is 10.6. The molecule has 10 heteroatoms. The minimum atomic E-state index is -0.911. The van der Waals surface area contributed by atoms with E-state index in [-0.39, 0.29) is 11.8 Å². The van der Waals surface area contributed by atoms with Gasteiger partial charge in [0.25, 0.3) is 0 Å². The lowest BCUT2D eigenvalue weighted by atomic mass is 10.2. The Balaban J connectivity index is -0.000000506. The molecule has 10 nitrogen and oxygen atoms in total. The van der Waals surface area contributed by atoms with E-state index in [0.29, 0.717) is 0 Å². The molecule has 0 radical (unpaired) electrons. The number of rotatable bonds is 7. The van der Waals surface area contributed by atoms with Crippen molar-refractivity contribution in [2.24, 2.45) is 11.8 Å². The fraction of sp³-hybridized carbons (Fsp3) is 1.00. The molecule has 0 aliphatic carbocycles. The lowest BCUT2D eigenvalue weighted by Crippen LogP contribution is -2.29. The van der Waals surface area contributed by atoms with Gasteiger partial charge >= 0.3 is 0 Å². The Bertz CT molecular complexity index is 126. The third-order valence-corrected chi connectivity index (χ3v) is 1.54. The SMILES string of the molecule is CC(C)C(OO)OOC(OO)C(C)C.OO.OO. The van der Waals surface area contributed by atoms with Gasteiger partial charge in [0.1, 0.15) is 0 Å². The zero-order chi connectivity index (χ0) is 15.1. The van der Waals surface area contributed by atoms with Crippen molar-refractivity contribution in [1.82, 2.24) is 0 Å². The summed E-state index contributed by atoms with van der Waals surface area (Å²) in [6.45, 7) is 7.09. The molecule has 0 fully saturated rings. The van der Waals surface area contributed by atoms with Crippen molar-refractivity contribution >= 4 is 0 Å². The summed E-state index contributed by atoms with van der Waals surface area (Å²) in [5.41, 5.74) is 0. The van der Waals surface area contributed by atoms with Crippen LogP contribution in [0.25, 0.3) is 0 Å². The van der Waals surface area contributed by atoms with Gasteiger partial charge in [-0.05, 0) is 0 Å². The first-order valence-electron chi connectivity index (χ1n) is 4.85. The fourth-order valence-electron chi connectivity index (χ4n) is 0.610. The van der Waals surface area contributed by atoms with E-state index < -0.39 is 12.6 Å². The summed E-state index contributed by atoms with van der Waals surface area (Å²) >= 11 is 0. The van der Waals surface area contributed by atoms with Gasteiger partial charge in [-0.3, -0.25) is 21.0 Å². The van der Waals surface area contributed by atoms with Gasteiger partial charge < -0.3 is 0 Å². The second-order valence-corrected chi connectivity index (χ2v) is 3.63. The highest BCUT2D eigenvalue weighted by Crippen LogP contribution is 2.12. The summed E-state index contributed by atoms with van der Waals surface area (Å²) in [4.78, 5) is 17.4. The predicted molar refractivity (Wildman–Crippen MR) is 57.4 cm³/mol. The summed E-state index contributed by atoms with van der Waals surface area (Å²) in [6.07, 6.45) is -1.82. The molecule has 0 aromatic carbocycles. The van der Waals surface area contributed by atoms with Crippen LogP contribution in [0.1, 0.15) is 27.7 Å². The molecule has 2 atom stereocenters. The Morgan fingerprint density at radius 3 is 0.944 bits per heavy atom. The first-order valence-corrected chi connectivity index (χ1v) is 4.85. The van der Waals surface area contributed by atoms with Crippen molar-refractivity contribution < 1.29 is 51.1 Å². The lowest BCUT2D eigenvalue weighted by molar-refractivity contribution is -0.519. The van der Waals surface area contributed by atoms with E-state index in [2.05, 4.69) is 9.78 Å². The fourth-order valence-corrected chi connectivity index (χ4v) is 0.610. The third kappa shape index (κ3) is 12.1. The largest absolute Gasteiger partial charge is 0.255 e. The summed E-state index contributed by atoms with van der Waals surface area (Å²) in [5.74, 6) is -0.182. The molecule has 18 heavy (non-hydrogen) atoms. The molecule has 6 N–H and O–H groups in total. The quantitative estimate of drug-likeness (QED) is 0.231. The Morgan fingerprint density at radius 2 is 0.833 bits per heavy atom. The lowest BCUT2D eigenvalue weighted by Gasteiger charge is -2.21. The highest BCUT2D eigenvalue weighted by molar-refractivity contribution is 4.47. The van der Waals surface area contributed by atoms with Crippen molar-refractivity contribution in [3.05, 3.63) is 0 Å². The second-order valence-electron chi connectivity index (χ2n) is 3.63. The van der Waals surface area contributed by atoms with Gasteiger partial charge in [0.15, 0.2) is 0 Å². The van der Waals surface area contributed by atoms with Gasteiger partial charge in [-0.2, -0.15) is 9.78 Å². The monoisotopic (exact) mass is 278 g/mol. The van der Waals surface area contributed by atoms with Gasteiger partial charge in [-0.15, -0.1) is 0 Å². The van der Waals surface area contributed by atoms with Crippen LogP contribution in [0.2, 0.25) is 0 Å². The molecule has 2 unspecified atom stereocenters. The summed E-state index contributed by atoms with van der Waals surface area (Å²) in [5, 5.41) is 40.8. The first kappa shape index (κ1) is 22.8. The number of hydrogen-bond donors (Lipinski definition) is 6. The van der Waals surface area contributed by atoms with Crippen LogP contribution in [0.5, 0.6) is 0 Å². The van der Waals surface area contributed by atoms with Gasteiger partial charge in [-0.25, -0.2) is 20.3 Å². The Hall–Kier alpha value is -0.400. The average molecular weight is 278 g/mol. The van der Waals surface area contributed by atoms with E-state index in [1.54, 1.807) is 27.7 Å². The molecule has 0 aliphatic rings. The van der Waals surface area contributed by atoms with Gasteiger partial charge in [0, 0.05) is 11.8 Å². The molecule has 0 bridgehead atoms. The van der Waals surface area contributed by atoms with E-state index in [1.165, 1.54) is 0 Å². The second kappa shape index (κ2) is 16.6. The normalized spacial score (nSPS) is 13.3. The molecular weight excluding hydrogens is 256 g/mol. The molecule has 0 amide bonds. The molecular formula is C8H22O10. The van der Waals surface area contributed by atoms with Gasteiger partial charge in [-0.1, -0.05) is 27.7 Å². The third-order valence-electron chi connectivity index (χ3n) is 1.54. The molecule has 0 rings (SSSR count). The van der Waals surface area contributed by atoms with Crippen LogP contribution in [0.4, 0.5) is 0 Å². The highest BCUT2D eigenvalue weighted by Gasteiger charge is 2.21. The molecule has 0 aromatic rings. The van der Waals surface area contributed by atoms with Crippen molar-refractivity contribution in [3.8, 4) is 0 Å². The molecule has 0 heterocycles. The Kier molecular flexibility index (Phi) is 21.0. The predicted octanol–water partition coefficient (Wildman–Crippen LogP) is 1.91. The van der Waals surface area contributed by atoms with E-state index >= 15 is 0 Å². The van der Waals surface area contributed by atoms with Crippen LogP contribution in [0.3, 0.4) is 0 Å². The standard InChI is InChI=1S/C8H18O6.2H2O2/c1-5(2)7(11-9)13-14-8(12-10)6(3)4;2*1-2/h5-10H,1-4H3;2*1-2H. The smallest absolute Gasteiger partial charge is 0.226 e. The maximum atomic E-state index is 8.41. The number of hydrogen-bond acceptors (Lipinski definition) is 10. The zero-order valence-corrected chi connectivity index (χ0v) is 10.6. The molecule has 0 aromatic heterocycles. The van der Waals surface area contributed by atoms with Gasteiger partial charge in [0.05, 0.1) is 0 Å². The highest BCUT2D eigenvalue weighted by atomic mass is 17.3. The minimum absolute atomic E-state index is 0.0912. The van der Waals surface area contributed by atoms with E-state index in [0.717, 1.165) is 0 Å². The summed E-state index contributed by atoms with van der Waals surface area (Å²) in [7, 11) is 0. The van der Waals surface area contributed by atoms with E-state index in [9.17, 15) is 0 Å². The summed E-state index contributed by atoms with van der Waals surface area (Å²) < 4.78 is 0. The molecule has 0 spiro atoms. The average Bonchev–Trinajstić information content (AvgIpc) is 2.38. The van der Waals surface area contributed by atoms with Crippen molar-refractivity contribution in [3.63, 3.8) is 0 Å². The topological polar surface area (TPSA) is 158 Å². The van der Waals surface area contributed by atoms with Crippen LogP contribution < -0.4 is 0 Å².